The van der Waals surface area contributed by atoms with Gasteiger partial charge in [-0.15, -0.1) is 0 Å². The summed E-state index contributed by atoms with van der Waals surface area (Å²) in [5.41, 5.74) is 0. The van der Waals surface area contributed by atoms with E-state index < -0.39 is 0 Å². The van der Waals surface area contributed by atoms with E-state index in [4.69, 9.17) is 0 Å². The average molecular weight is 252 g/mol. The quantitative estimate of drug-likeness (QED) is 0.595. The lowest BCUT2D eigenvalue weighted by atomic mass is 10.4. The van der Waals surface area contributed by atoms with Crippen molar-refractivity contribution in [1.82, 2.24) is 0 Å². The Kier molecular flexibility index (Phi) is 8.27. The van der Waals surface area contributed by atoms with Crippen molar-refractivity contribution < 1.29 is 4.39 Å². The molecule has 0 spiro atoms. The lowest BCUT2D eigenvalue weighted by molar-refractivity contribution is 0.629. The summed E-state index contributed by atoms with van der Waals surface area (Å²) in [6.45, 7) is 0. The molecule has 0 saturated heterocycles. The first-order chi connectivity index (χ1) is 9.39. The molecule has 0 radical (unpaired) electrons. The van der Waals surface area contributed by atoms with Gasteiger partial charge in [-0.25, -0.2) is 4.39 Å². The molecule has 0 aliphatic carbocycles. The van der Waals surface area contributed by atoms with Crippen molar-refractivity contribution in [2.45, 2.75) is 0 Å². The average Bonchev–Trinajstić information content (AvgIpc) is 2.41. The fourth-order valence-electron chi connectivity index (χ4n) is 1.18. The smallest absolute Gasteiger partial charge is 0.123 e. The van der Waals surface area contributed by atoms with Gasteiger partial charge < -0.3 is 0 Å². The van der Waals surface area contributed by atoms with Gasteiger partial charge in [-0.1, -0.05) is 91.0 Å². The Morgan fingerprint density at radius 1 is 0.368 bits per heavy atom. The summed E-state index contributed by atoms with van der Waals surface area (Å²) in [6.07, 6.45) is 0. The van der Waals surface area contributed by atoms with Gasteiger partial charge in [0.05, 0.1) is 0 Å². The maximum atomic E-state index is 13.2. The molecule has 0 aromatic heterocycles. The predicted octanol–water partition coefficient (Wildman–Crippen LogP) is 5.20. The van der Waals surface area contributed by atoms with Crippen molar-refractivity contribution in [1.29, 1.82) is 0 Å². The standard InChI is InChI=1S/C18H17F/c19-18-16-14-12-10-8-6-4-2-1-3-5-7-9-11-13-15-17-18/h1-17H. The number of rotatable bonds is 0. The summed E-state index contributed by atoms with van der Waals surface area (Å²) in [5, 5.41) is 0. The van der Waals surface area contributed by atoms with Crippen LogP contribution in [-0.2, 0) is 0 Å². The fourth-order valence-corrected chi connectivity index (χ4v) is 1.18. The molecule has 0 bridgehead atoms. The van der Waals surface area contributed by atoms with E-state index in [0.717, 1.165) is 0 Å². The van der Waals surface area contributed by atoms with E-state index in [-0.39, 0.29) is 5.82 Å². The summed E-state index contributed by atoms with van der Waals surface area (Å²) in [7, 11) is 0. The van der Waals surface area contributed by atoms with Crippen LogP contribution in [0.1, 0.15) is 0 Å². The first-order valence-corrected chi connectivity index (χ1v) is 6.10. The SMILES string of the molecule is Fc1ccccccccccccccccc1. The Morgan fingerprint density at radius 3 is 0.842 bits per heavy atom. The highest BCUT2D eigenvalue weighted by Gasteiger charge is 1.74. The molecule has 0 unspecified atom stereocenters. The van der Waals surface area contributed by atoms with E-state index >= 15 is 0 Å². The monoisotopic (exact) mass is 252 g/mol. The summed E-state index contributed by atoms with van der Waals surface area (Å²) >= 11 is 0. The van der Waals surface area contributed by atoms with Gasteiger partial charge in [0.15, 0.2) is 0 Å². The van der Waals surface area contributed by atoms with Crippen LogP contribution in [0.4, 0.5) is 4.39 Å². The minimum atomic E-state index is -0.280. The second kappa shape index (κ2) is 10.7. The van der Waals surface area contributed by atoms with Gasteiger partial charge >= 0.3 is 0 Å². The first-order valence-electron chi connectivity index (χ1n) is 6.10. The van der Waals surface area contributed by atoms with Gasteiger partial charge in [0, 0.05) is 0 Å². The van der Waals surface area contributed by atoms with E-state index in [1.165, 1.54) is 12.1 Å². The fraction of sp³-hybridized carbons (Fsp3) is 0. The maximum absolute atomic E-state index is 13.2. The van der Waals surface area contributed by atoms with E-state index in [9.17, 15) is 4.39 Å². The van der Waals surface area contributed by atoms with Crippen molar-refractivity contribution in [3.05, 3.63) is 109 Å². The largest absolute Gasteiger partial charge is 0.207 e. The van der Waals surface area contributed by atoms with Gasteiger partial charge in [-0.2, -0.15) is 0 Å². The molecular formula is C18H17F. The molecule has 0 aliphatic heterocycles. The zero-order valence-electron chi connectivity index (χ0n) is 10.7. The molecule has 0 amide bonds. The van der Waals surface area contributed by atoms with Crippen LogP contribution in [0.25, 0.3) is 0 Å². The Labute approximate surface area is 114 Å². The third-order valence-electron chi connectivity index (χ3n) is 2.07. The van der Waals surface area contributed by atoms with Gasteiger partial charge in [-0.3, -0.25) is 0 Å². The lowest BCUT2D eigenvalue weighted by Gasteiger charge is -1.75. The van der Waals surface area contributed by atoms with Crippen LogP contribution in [0.2, 0.25) is 0 Å². The van der Waals surface area contributed by atoms with Crippen LogP contribution in [0.15, 0.2) is 103 Å². The van der Waals surface area contributed by atoms with Crippen molar-refractivity contribution in [2.75, 3.05) is 0 Å². The van der Waals surface area contributed by atoms with Crippen LogP contribution in [-0.4, -0.2) is 0 Å². The zero-order chi connectivity index (χ0) is 13.6. The summed E-state index contributed by atoms with van der Waals surface area (Å²) in [5.74, 6) is -0.280. The lowest BCUT2D eigenvalue weighted by Crippen LogP contribution is -1.60. The molecule has 0 aliphatic rings. The molecule has 1 heteroatoms. The van der Waals surface area contributed by atoms with E-state index in [0.29, 0.717) is 0 Å². The molecule has 1 aromatic carbocycles. The van der Waals surface area contributed by atoms with Gasteiger partial charge in [0.1, 0.15) is 5.82 Å². The molecular weight excluding hydrogens is 235 g/mol. The van der Waals surface area contributed by atoms with Crippen molar-refractivity contribution in [3.8, 4) is 0 Å². The Morgan fingerprint density at radius 2 is 0.579 bits per heavy atom. The zero-order valence-corrected chi connectivity index (χ0v) is 10.7. The first kappa shape index (κ1) is 14.7. The summed E-state index contributed by atoms with van der Waals surface area (Å²) in [4.78, 5) is 0. The molecule has 96 valence electrons. The molecule has 0 fully saturated rings. The maximum Gasteiger partial charge on any atom is 0.123 e. The molecule has 0 saturated carbocycles. The molecule has 0 N–H and O–H groups in total. The highest BCUT2D eigenvalue weighted by molar-refractivity contribution is 5.01. The third kappa shape index (κ3) is 9.31. The van der Waals surface area contributed by atoms with E-state index in [1.807, 2.05) is 66.7 Å². The molecule has 0 heterocycles. The highest BCUT2D eigenvalue weighted by atomic mass is 19.1. The van der Waals surface area contributed by atoms with Gasteiger partial charge in [0.25, 0.3) is 0 Å². The van der Waals surface area contributed by atoms with Crippen molar-refractivity contribution in [2.24, 2.45) is 0 Å². The molecule has 19 heavy (non-hydrogen) atoms. The van der Waals surface area contributed by atoms with Crippen LogP contribution < -0.4 is 0 Å². The van der Waals surface area contributed by atoms with Crippen LogP contribution >= 0.6 is 0 Å². The van der Waals surface area contributed by atoms with Crippen molar-refractivity contribution in [3.63, 3.8) is 0 Å². The number of halogens is 1. The van der Waals surface area contributed by atoms with E-state index in [2.05, 4.69) is 0 Å². The second-order valence-corrected chi connectivity index (χ2v) is 3.60. The number of hydrogen-bond donors (Lipinski definition) is 0. The van der Waals surface area contributed by atoms with Crippen LogP contribution in [0, 0.1) is 5.82 Å². The summed E-state index contributed by atoms with van der Waals surface area (Å²) < 4.78 is 13.2. The predicted molar refractivity (Wildman–Crippen MR) is 79.3 cm³/mol. The Balaban J connectivity index is 3.10. The van der Waals surface area contributed by atoms with Gasteiger partial charge in [-0.05, 0) is 12.1 Å². The van der Waals surface area contributed by atoms with Crippen LogP contribution in [0.5, 0.6) is 0 Å². The highest BCUT2D eigenvalue weighted by Crippen LogP contribution is 1.89. The Bertz CT molecular complexity index is 488. The summed E-state index contributed by atoms with van der Waals surface area (Å²) in [6, 6.07) is 30.7. The minimum Gasteiger partial charge on any atom is -0.207 e. The topological polar surface area (TPSA) is 0 Å². The molecule has 0 atom stereocenters. The Hall–Kier alpha value is -2.41. The second-order valence-electron chi connectivity index (χ2n) is 3.60. The molecule has 0 nitrogen and oxygen atoms in total. The number of hydrogen-bond acceptors (Lipinski definition) is 0. The molecule has 1 aromatic rings. The normalized spacial score (nSPS) is 8.26. The van der Waals surface area contributed by atoms with Crippen molar-refractivity contribution >= 4 is 0 Å². The van der Waals surface area contributed by atoms with E-state index in [1.54, 1.807) is 24.3 Å². The minimum absolute atomic E-state index is 0.280. The molecule has 1 rings (SSSR count). The van der Waals surface area contributed by atoms with Crippen LogP contribution in [0.3, 0.4) is 0 Å². The third-order valence-corrected chi connectivity index (χ3v) is 2.07. The van der Waals surface area contributed by atoms with Gasteiger partial charge in [0.2, 0.25) is 0 Å².